The Morgan fingerprint density at radius 2 is 2.00 bits per heavy atom. The molecule has 5 rings (SSSR count). The minimum absolute atomic E-state index is 0.238. The van der Waals surface area contributed by atoms with Crippen LogP contribution in [0.4, 0.5) is 4.79 Å². The second-order valence-electron chi connectivity index (χ2n) is 8.52. The normalized spacial score (nSPS) is 21.1. The lowest BCUT2D eigenvalue weighted by Crippen LogP contribution is -2.47. The van der Waals surface area contributed by atoms with Crippen molar-refractivity contribution in [2.24, 2.45) is 0 Å². The molecule has 3 heterocycles. The van der Waals surface area contributed by atoms with E-state index in [4.69, 9.17) is 9.47 Å². The Kier molecular flexibility index (Phi) is 5.55. The molecule has 0 radical (unpaired) electrons. The van der Waals surface area contributed by atoms with Crippen LogP contribution in [0.1, 0.15) is 12.5 Å². The Morgan fingerprint density at radius 1 is 1.20 bits per heavy atom. The van der Waals surface area contributed by atoms with Gasteiger partial charge in [-0.05, 0) is 47.2 Å². The Bertz CT molecular complexity index is 1280. The van der Waals surface area contributed by atoms with Gasteiger partial charge in [0.1, 0.15) is 25.0 Å². The number of benzene rings is 2. The number of para-hydroxylation sites is 2. The van der Waals surface area contributed by atoms with E-state index in [-0.39, 0.29) is 19.3 Å². The molecule has 1 fully saturated rings. The van der Waals surface area contributed by atoms with Crippen LogP contribution in [-0.4, -0.2) is 80.7 Å². The van der Waals surface area contributed by atoms with E-state index in [1.807, 2.05) is 18.2 Å². The van der Waals surface area contributed by atoms with E-state index < -0.39 is 29.9 Å². The van der Waals surface area contributed by atoms with Gasteiger partial charge in [0.25, 0.3) is 5.91 Å². The summed E-state index contributed by atoms with van der Waals surface area (Å²) in [5, 5.41) is 13.8. The van der Waals surface area contributed by atoms with Gasteiger partial charge in [-0.25, -0.2) is 9.48 Å². The fraction of sp³-hybridized carbons (Fsp3) is 0.304. The molecule has 2 aliphatic rings. The van der Waals surface area contributed by atoms with Crippen molar-refractivity contribution in [1.29, 1.82) is 0 Å². The van der Waals surface area contributed by atoms with Crippen LogP contribution in [0.5, 0.6) is 11.5 Å². The van der Waals surface area contributed by atoms with Crippen molar-refractivity contribution in [3.8, 4) is 17.2 Å². The molecular formula is C23H23N7O5. The zero-order valence-electron chi connectivity index (χ0n) is 19.1. The molecule has 0 bridgehead atoms. The Balaban J connectivity index is 1.25. The molecule has 2 atom stereocenters. The van der Waals surface area contributed by atoms with Crippen molar-refractivity contribution < 1.29 is 23.9 Å². The molecule has 2 aromatic carbocycles. The average Bonchev–Trinajstić information content (AvgIpc) is 3.48. The number of hydrogen-bond acceptors (Lipinski definition) is 8. The highest BCUT2D eigenvalue weighted by Crippen LogP contribution is 2.32. The Morgan fingerprint density at radius 3 is 2.77 bits per heavy atom. The summed E-state index contributed by atoms with van der Waals surface area (Å²) in [5.41, 5.74) is -0.177. The average molecular weight is 477 g/mol. The van der Waals surface area contributed by atoms with Crippen LogP contribution in [0.25, 0.3) is 5.69 Å². The second kappa shape index (κ2) is 8.70. The summed E-state index contributed by atoms with van der Waals surface area (Å²) in [6.45, 7) is 1.73. The molecule has 0 aliphatic carbocycles. The van der Waals surface area contributed by atoms with Gasteiger partial charge in [0.2, 0.25) is 5.91 Å². The SMILES string of the molecule is CN(CC1COc2ccccc2O1)C(=O)CN1C(=O)NC(C)(c2cccc(-n3cnnn3)c2)C1=O. The highest BCUT2D eigenvalue weighted by molar-refractivity contribution is 6.09. The largest absolute Gasteiger partial charge is 0.486 e. The predicted octanol–water partition coefficient (Wildman–Crippen LogP) is 0.728. The summed E-state index contributed by atoms with van der Waals surface area (Å²) in [5.74, 6) is 0.339. The van der Waals surface area contributed by atoms with Crippen molar-refractivity contribution in [3.05, 3.63) is 60.4 Å². The predicted molar refractivity (Wildman–Crippen MR) is 121 cm³/mol. The lowest BCUT2D eigenvalue weighted by Gasteiger charge is -2.30. The van der Waals surface area contributed by atoms with Gasteiger partial charge in [-0.1, -0.05) is 24.3 Å². The molecule has 35 heavy (non-hydrogen) atoms. The van der Waals surface area contributed by atoms with Crippen molar-refractivity contribution in [2.45, 2.75) is 18.6 Å². The van der Waals surface area contributed by atoms with E-state index >= 15 is 0 Å². The Hall–Kier alpha value is -4.48. The van der Waals surface area contributed by atoms with Gasteiger partial charge < -0.3 is 19.7 Å². The third-order valence-corrected chi connectivity index (χ3v) is 6.08. The summed E-state index contributed by atoms with van der Waals surface area (Å²) >= 11 is 0. The fourth-order valence-corrected chi connectivity index (χ4v) is 4.09. The summed E-state index contributed by atoms with van der Waals surface area (Å²) in [7, 11) is 1.60. The van der Waals surface area contributed by atoms with Crippen molar-refractivity contribution in [1.82, 2.24) is 35.3 Å². The van der Waals surface area contributed by atoms with Gasteiger partial charge >= 0.3 is 6.03 Å². The molecule has 12 heteroatoms. The van der Waals surface area contributed by atoms with Crippen LogP contribution in [0.15, 0.2) is 54.9 Å². The second-order valence-corrected chi connectivity index (χ2v) is 8.52. The number of carbonyl (C=O) groups is 3. The molecule has 0 spiro atoms. The van der Waals surface area contributed by atoms with Crippen LogP contribution in [0.3, 0.4) is 0 Å². The number of urea groups is 1. The first-order valence-electron chi connectivity index (χ1n) is 11.0. The molecule has 4 amide bonds. The number of rotatable bonds is 6. The number of likely N-dealkylation sites (N-methyl/N-ethyl adjacent to an activating group) is 1. The Labute approximate surface area is 200 Å². The molecule has 3 aromatic rings. The van der Waals surface area contributed by atoms with E-state index in [9.17, 15) is 14.4 Å². The monoisotopic (exact) mass is 477 g/mol. The number of nitrogens with one attached hydrogen (secondary N) is 1. The van der Waals surface area contributed by atoms with Crippen LogP contribution >= 0.6 is 0 Å². The third kappa shape index (κ3) is 4.14. The van der Waals surface area contributed by atoms with E-state index in [2.05, 4.69) is 20.8 Å². The van der Waals surface area contributed by atoms with Crippen LogP contribution in [0, 0.1) is 0 Å². The quantitative estimate of drug-likeness (QED) is 0.514. The number of tetrazole rings is 1. The maximum absolute atomic E-state index is 13.3. The van der Waals surface area contributed by atoms with Gasteiger partial charge in [0.05, 0.1) is 12.2 Å². The van der Waals surface area contributed by atoms with Gasteiger partial charge in [-0.2, -0.15) is 0 Å². The summed E-state index contributed by atoms with van der Waals surface area (Å²) in [4.78, 5) is 41.3. The summed E-state index contributed by atoms with van der Waals surface area (Å²) in [6, 6.07) is 13.6. The van der Waals surface area contributed by atoms with Crippen LogP contribution in [-0.2, 0) is 15.1 Å². The topological polar surface area (TPSA) is 132 Å². The standard InChI is InChI=1S/C23H23N7O5/c1-23(15-6-5-7-16(10-15)30-14-24-26-27-30)21(32)29(22(33)25-23)12-20(31)28(2)11-17-13-34-18-8-3-4-9-19(18)35-17/h3-10,14,17H,11-13H2,1-2H3,(H,25,33). The molecule has 0 saturated carbocycles. The van der Waals surface area contributed by atoms with Gasteiger partial charge in [-0.15, -0.1) is 5.10 Å². The lowest BCUT2D eigenvalue weighted by molar-refractivity contribution is -0.138. The number of nitrogens with zero attached hydrogens (tertiary/aromatic N) is 6. The summed E-state index contributed by atoms with van der Waals surface area (Å²) < 4.78 is 13.0. The maximum Gasteiger partial charge on any atom is 0.325 e. The maximum atomic E-state index is 13.3. The smallest absolute Gasteiger partial charge is 0.325 e. The van der Waals surface area contributed by atoms with Crippen molar-refractivity contribution >= 4 is 17.8 Å². The van der Waals surface area contributed by atoms with E-state index in [1.165, 1.54) is 15.9 Å². The molecule has 1 saturated heterocycles. The molecular weight excluding hydrogens is 454 g/mol. The molecule has 1 aromatic heterocycles. The van der Waals surface area contributed by atoms with Gasteiger partial charge in [0, 0.05) is 7.05 Å². The molecule has 2 unspecified atom stereocenters. The third-order valence-electron chi connectivity index (χ3n) is 6.08. The summed E-state index contributed by atoms with van der Waals surface area (Å²) in [6.07, 6.45) is 1.05. The van der Waals surface area contributed by atoms with E-state index in [0.29, 0.717) is 22.7 Å². The molecule has 12 nitrogen and oxygen atoms in total. The minimum Gasteiger partial charge on any atom is -0.486 e. The number of fused-ring (bicyclic) bond motifs is 1. The minimum atomic E-state index is -1.34. The van der Waals surface area contributed by atoms with Crippen LogP contribution < -0.4 is 14.8 Å². The van der Waals surface area contributed by atoms with E-state index in [0.717, 1.165) is 4.90 Å². The van der Waals surface area contributed by atoms with Gasteiger partial charge in [0.15, 0.2) is 17.6 Å². The number of ether oxygens (including phenoxy) is 2. The highest BCUT2D eigenvalue weighted by atomic mass is 16.6. The molecule has 1 N–H and O–H groups in total. The lowest BCUT2D eigenvalue weighted by atomic mass is 9.91. The van der Waals surface area contributed by atoms with Crippen molar-refractivity contribution in [3.63, 3.8) is 0 Å². The zero-order chi connectivity index (χ0) is 24.6. The first-order valence-corrected chi connectivity index (χ1v) is 11.0. The number of imide groups is 1. The molecule has 180 valence electrons. The first kappa shape index (κ1) is 22.3. The zero-order valence-corrected chi connectivity index (χ0v) is 19.1. The highest BCUT2D eigenvalue weighted by Gasteiger charge is 2.49. The first-order chi connectivity index (χ1) is 16.8. The van der Waals surface area contributed by atoms with E-state index in [1.54, 1.807) is 44.3 Å². The number of hydrogen-bond donors (Lipinski definition) is 1. The number of carbonyl (C=O) groups excluding carboxylic acids is 3. The number of amides is 4. The molecule has 2 aliphatic heterocycles. The van der Waals surface area contributed by atoms with Crippen LogP contribution in [0.2, 0.25) is 0 Å². The van der Waals surface area contributed by atoms with Crippen molar-refractivity contribution in [2.75, 3.05) is 26.7 Å². The number of aromatic nitrogens is 4. The fourth-order valence-electron chi connectivity index (χ4n) is 4.09. The van der Waals surface area contributed by atoms with Gasteiger partial charge in [-0.3, -0.25) is 14.5 Å².